The molecule has 0 amide bonds. The molecule has 7 heteroatoms. The number of pyridine rings is 1. The zero-order valence-corrected chi connectivity index (χ0v) is 35.0. The second-order valence-corrected chi connectivity index (χ2v) is 17.3. The highest BCUT2D eigenvalue weighted by atomic mass is 16.7. The highest BCUT2D eigenvalue weighted by Crippen LogP contribution is 2.37. The summed E-state index contributed by atoms with van der Waals surface area (Å²) in [5.41, 5.74) is 3.96. The fourth-order valence-corrected chi connectivity index (χ4v) is 5.70. The van der Waals surface area contributed by atoms with Gasteiger partial charge < -0.3 is 5.21 Å². The van der Waals surface area contributed by atoms with E-state index in [1.807, 2.05) is 115 Å². The van der Waals surface area contributed by atoms with Crippen molar-refractivity contribution in [3.8, 4) is 0 Å². The standard InChI is InChI=1S/C21H30N2O.C14H23NO.C11H16NO/c1-16(2)20(19-10-8-7-9-11-19)23(21(4,5)6)24-17(3)18-12-14-22-15-13-18;1-11(2)13(15(16)14(3,4)5)12-9-7-6-8-10-12;1-11(2,3)12(13)9-10-7-5-4-6-8-10/h7-17,20H,1-6H3;6-11,13,16H,1-5H3;4-9,13H,1-3H3/q;;+1/b;;12-9-. The average Bonchev–Trinajstić information content (AvgIpc) is 3.09. The van der Waals surface area contributed by atoms with Crippen LogP contribution in [0.5, 0.6) is 0 Å². The van der Waals surface area contributed by atoms with Gasteiger partial charge in [-0.05, 0) is 106 Å². The molecule has 3 atom stereocenters. The number of rotatable bonds is 10. The maximum atomic E-state index is 10.3. The van der Waals surface area contributed by atoms with Gasteiger partial charge in [0.15, 0.2) is 0 Å². The van der Waals surface area contributed by atoms with Crippen molar-refractivity contribution < 1.29 is 20.0 Å². The average molecular weight is 726 g/mol. The van der Waals surface area contributed by atoms with Crippen LogP contribution in [-0.2, 0) is 4.84 Å². The lowest BCUT2D eigenvalue weighted by Gasteiger charge is -2.43. The fourth-order valence-electron chi connectivity index (χ4n) is 5.70. The molecule has 3 aromatic carbocycles. The Morgan fingerprint density at radius 1 is 0.585 bits per heavy atom. The monoisotopic (exact) mass is 726 g/mol. The van der Waals surface area contributed by atoms with Gasteiger partial charge in [-0.3, -0.25) is 15.0 Å². The molecule has 290 valence electrons. The Hall–Kier alpha value is -3.88. The van der Waals surface area contributed by atoms with Gasteiger partial charge in [0.2, 0.25) is 11.8 Å². The van der Waals surface area contributed by atoms with Crippen LogP contribution < -0.4 is 0 Å². The molecule has 0 aliphatic heterocycles. The SMILES string of the molecule is CC(C)(C)/[N+](O)=C/c1ccccc1.CC(C)C(c1ccccc1)N(O)C(C)(C)C.CC(ON(C(c1ccccc1)C(C)C)C(C)(C)C)c1ccncc1. The lowest BCUT2D eigenvalue weighted by molar-refractivity contribution is -0.816. The summed E-state index contributed by atoms with van der Waals surface area (Å²) in [6.07, 6.45) is 5.32. The molecule has 53 heavy (non-hydrogen) atoms. The zero-order valence-electron chi connectivity index (χ0n) is 35.0. The van der Waals surface area contributed by atoms with Gasteiger partial charge in [0.25, 0.3) is 0 Å². The third-order valence-corrected chi connectivity index (χ3v) is 8.62. The molecular weight excluding hydrogens is 657 g/mol. The summed E-state index contributed by atoms with van der Waals surface area (Å²) in [7, 11) is 0. The van der Waals surface area contributed by atoms with E-state index in [1.54, 1.807) is 6.21 Å². The molecule has 1 aromatic heterocycles. The highest BCUT2D eigenvalue weighted by Gasteiger charge is 2.35. The van der Waals surface area contributed by atoms with Crippen LogP contribution in [0.3, 0.4) is 0 Å². The molecule has 0 aliphatic rings. The van der Waals surface area contributed by atoms with Crippen molar-refractivity contribution in [2.24, 2.45) is 11.8 Å². The Morgan fingerprint density at radius 2 is 1.00 bits per heavy atom. The van der Waals surface area contributed by atoms with E-state index in [0.29, 0.717) is 11.8 Å². The normalized spacial score (nSPS) is 14.3. The van der Waals surface area contributed by atoms with Crippen molar-refractivity contribution >= 4 is 6.21 Å². The topological polar surface area (TPSA) is 72.1 Å². The minimum atomic E-state index is -0.254. The van der Waals surface area contributed by atoms with Crippen molar-refractivity contribution in [1.82, 2.24) is 15.1 Å². The van der Waals surface area contributed by atoms with Crippen LogP contribution in [0.1, 0.15) is 137 Å². The molecule has 0 radical (unpaired) electrons. The van der Waals surface area contributed by atoms with Gasteiger partial charge >= 0.3 is 0 Å². The molecule has 4 aromatic rings. The largest absolute Gasteiger partial charge is 0.313 e. The lowest BCUT2D eigenvalue weighted by atomic mass is 9.92. The van der Waals surface area contributed by atoms with E-state index >= 15 is 0 Å². The second kappa shape index (κ2) is 20.5. The summed E-state index contributed by atoms with van der Waals surface area (Å²) in [4.78, 5) is 10.6. The van der Waals surface area contributed by atoms with Crippen molar-refractivity contribution in [1.29, 1.82) is 0 Å². The van der Waals surface area contributed by atoms with Gasteiger partial charge in [-0.2, -0.15) is 10.1 Å². The molecule has 0 spiro atoms. The lowest BCUT2D eigenvalue weighted by Crippen LogP contribution is -2.46. The van der Waals surface area contributed by atoms with Crippen LogP contribution >= 0.6 is 0 Å². The van der Waals surface area contributed by atoms with E-state index in [9.17, 15) is 10.4 Å². The first-order valence-corrected chi connectivity index (χ1v) is 19.0. The first-order chi connectivity index (χ1) is 24.6. The highest BCUT2D eigenvalue weighted by molar-refractivity contribution is 5.75. The summed E-state index contributed by atoms with van der Waals surface area (Å²) < 4.78 is 1.22. The van der Waals surface area contributed by atoms with Crippen molar-refractivity contribution in [3.05, 3.63) is 138 Å². The van der Waals surface area contributed by atoms with E-state index in [4.69, 9.17) is 4.84 Å². The number of hydroxylamine groups is 5. The minimum absolute atomic E-state index is 0.0304. The van der Waals surface area contributed by atoms with Gasteiger partial charge in [0, 0.05) is 49.8 Å². The molecule has 1 heterocycles. The van der Waals surface area contributed by atoms with E-state index in [2.05, 4.69) is 108 Å². The van der Waals surface area contributed by atoms with Crippen molar-refractivity contribution in [2.75, 3.05) is 0 Å². The number of benzene rings is 3. The third-order valence-electron chi connectivity index (χ3n) is 8.62. The quantitative estimate of drug-likeness (QED) is 0.0734. The maximum Gasteiger partial charge on any atom is 0.223 e. The van der Waals surface area contributed by atoms with Gasteiger partial charge in [0.1, 0.15) is 6.10 Å². The Balaban J connectivity index is 0.000000292. The smallest absolute Gasteiger partial charge is 0.223 e. The Morgan fingerprint density at radius 3 is 1.38 bits per heavy atom. The van der Waals surface area contributed by atoms with Crippen LogP contribution in [0.15, 0.2) is 116 Å². The van der Waals surface area contributed by atoms with Crippen LogP contribution in [0.4, 0.5) is 0 Å². The predicted molar refractivity (Wildman–Crippen MR) is 220 cm³/mol. The molecule has 0 bridgehead atoms. The number of hydrogen-bond donors (Lipinski definition) is 2. The molecular formula is C46H69N4O3+. The summed E-state index contributed by atoms with van der Waals surface area (Å²) in [5.74, 6) is 0.794. The van der Waals surface area contributed by atoms with Gasteiger partial charge in [0.05, 0.1) is 12.1 Å². The molecule has 0 fully saturated rings. The first kappa shape index (κ1) is 45.3. The van der Waals surface area contributed by atoms with Gasteiger partial charge in [-0.1, -0.05) is 107 Å². The summed E-state index contributed by atoms with van der Waals surface area (Å²) >= 11 is 0. The molecule has 3 unspecified atom stereocenters. The maximum absolute atomic E-state index is 10.3. The van der Waals surface area contributed by atoms with E-state index < -0.39 is 0 Å². The van der Waals surface area contributed by atoms with Gasteiger partial charge in [-0.15, -0.1) is 0 Å². The van der Waals surface area contributed by atoms with E-state index in [1.165, 1.54) is 15.4 Å². The molecule has 4 rings (SSSR count). The van der Waals surface area contributed by atoms with Crippen molar-refractivity contribution in [3.63, 3.8) is 0 Å². The summed E-state index contributed by atoms with van der Waals surface area (Å²) in [5, 5.41) is 23.5. The number of aromatic nitrogens is 1. The van der Waals surface area contributed by atoms with Crippen LogP contribution in [0, 0.1) is 11.8 Å². The van der Waals surface area contributed by atoms with E-state index in [-0.39, 0.29) is 34.8 Å². The van der Waals surface area contributed by atoms with Crippen molar-refractivity contribution in [2.45, 2.75) is 132 Å². The van der Waals surface area contributed by atoms with E-state index in [0.717, 1.165) is 16.7 Å². The first-order valence-electron chi connectivity index (χ1n) is 19.0. The molecule has 0 aliphatic carbocycles. The molecule has 0 saturated carbocycles. The number of nitrogens with zero attached hydrogens (tertiary/aromatic N) is 4. The summed E-state index contributed by atoms with van der Waals surface area (Å²) in [6, 6.07) is 34.8. The molecule has 7 nitrogen and oxygen atoms in total. The Bertz CT molecular complexity index is 1590. The third kappa shape index (κ3) is 15.2. The Kier molecular flexibility index (Phi) is 17.5. The molecule has 0 saturated heterocycles. The fraction of sp³-hybridized carbons (Fsp3) is 0.478. The van der Waals surface area contributed by atoms with Crippen LogP contribution in [-0.4, -0.2) is 53.1 Å². The minimum Gasteiger partial charge on any atom is -0.313 e. The Labute approximate surface area is 321 Å². The van der Waals surface area contributed by atoms with Gasteiger partial charge in [-0.25, -0.2) is 0 Å². The van der Waals surface area contributed by atoms with Crippen LogP contribution in [0.2, 0.25) is 0 Å². The summed E-state index contributed by atoms with van der Waals surface area (Å²) in [6.45, 7) is 29.4. The van der Waals surface area contributed by atoms with Crippen LogP contribution in [0.25, 0.3) is 0 Å². The second-order valence-electron chi connectivity index (χ2n) is 17.3. The molecule has 2 N–H and O–H groups in total. The zero-order chi connectivity index (χ0) is 40.0. The number of hydrogen-bond acceptors (Lipinski definition) is 6. The predicted octanol–water partition coefficient (Wildman–Crippen LogP) is 11.8.